The van der Waals surface area contributed by atoms with E-state index in [0.29, 0.717) is 6.54 Å². The number of nitrogens with two attached hydrogens (primary N) is 1. The first kappa shape index (κ1) is 12.3. The van der Waals surface area contributed by atoms with Crippen molar-refractivity contribution in [3.8, 4) is 0 Å². The maximum absolute atomic E-state index is 10.9. The van der Waals surface area contributed by atoms with Gasteiger partial charge in [-0.3, -0.25) is 4.79 Å². The number of nitrogens with one attached hydrogen (secondary N) is 2. The average molecular weight is 314 g/mol. The molecule has 0 aliphatic heterocycles. The zero-order valence-corrected chi connectivity index (χ0v) is 11.4. The summed E-state index contributed by atoms with van der Waals surface area (Å²) in [7, 11) is 0. The number of nitrogen functional groups attached to an aromatic ring is 1. The Bertz CT molecular complexity index is 564. The Labute approximate surface area is 111 Å². The van der Waals surface area contributed by atoms with E-state index in [1.807, 2.05) is 23.6 Å². The Kier molecular flexibility index (Phi) is 3.98. The molecule has 2 rings (SSSR count). The lowest BCUT2D eigenvalue weighted by Crippen LogP contribution is -2.13. The molecule has 6 heteroatoms. The topological polar surface area (TPSA) is 70.9 Å². The fourth-order valence-corrected chi connectivity index (χ4v) is 2.27. The molecule has 1 aromatic heterocycles. The number of halogens is 1. The van der Waals surface area contributed by atoms with E-state index in [2.05, 4.69) is 26.2 Å². The van der Waals surface area contributed by atoms with Gasteiger partial charge < -0.3 is 16.0 Å². The summed E-state index contributed by atoms with van der Waals surface area (Å²) in [6.07, 6.45) is 0. The van der Waals surface area contributed by atoms with Gasteiger partial charge in [0.05, 0.1) is 0 Å². The predicted molar refractivity (Wildman–Crippen MR) is 74.0 cm³/mol. The summed E-state index contributed by atoms with van der Waals surface area (Å²) in [5.41, 5.74) is 8.54. The fourth-order valence-electron chi connectivity index (χ4n) is 1.45. The quantitative estimate of drug-likeness (QED) is 0.757. The lowest BCUT2D eigenvalue weighted by atomic mass is 10.2. The van der Waals surface area contributed by atoms with Gasteiger partial charge in [-0.25, -0.2) is 0 Å². The normalized spacial score (nSPS) is 10.6. The van der Waals surface area contributed by atoms with Crippen LogP contribution in [0.1, 0.15) is 11.3 Å². The van der Waals surface area contributed by atoms with Crippen molar-refractivity contribution in [1.82, 2.24) is 10.3 Å². The number of benzene rings is 1. The van der Waals surface area contributed by atoms with Crippen LogP contribution in [0.25, 0.3) is 0 Å². The Balaban J connectivity index is 1.89. The van der Waals surface area contributed by atoms with Gasteiger partial charge in [-0.1, -0.05) is 17.4 Å². The highest BCUT2D eigenvalue weighted by atomic mass is 79.9. The zero-order valence-electron chi connectivity index (χ0n) is 9.00. The van der Waals surface area contributed by atoms with Crippen molar-refractivity contribution in [2.24, 2.45) is 0 Å². The summed E-state index contributed by atoms with van der Waals surface area (Å²) in [5.74, 6) is 0. The molecule has 0 bridgehead atoms. The maximum atomic E-state index is 10.9. The van der Waals surface area contributed by atoms with Crippen molar-refractivity contribution >= 4 is 33.0 Å². The number of H-pyrrole nitrogens is 1. The van der Waals surface area contributed by atoms with E-state index in [4.69, 9.17) is 5.73 Å². The third-order valence-corrected chi connectivity index (χ3v) is 3.72. The van der Waals surface area contributed by atoms with E-state index >= 15 is 0 Å². The highest BCUT2D eigenvalue weighted by molar-refractivity contribution is 9.10. The van der Waals surface area contributed by atoms with Crippen molar-refractivity contribution in [3.63, 3.8) is 0 Å². The van der Waals surface area contributed by atoms with Crippen molar-refractivity contribution in [1.29, 1.82) is 0 Å². The van der Waals surface area contributed by atoms with Crippen molar-refractivity contribution < 1.29 is 0 Å². The van der Waals surface area contributed by atoms with Gasteiger partial charge in [0.15, 0.2) is 0 Å². The number of hydrogen-bond acceptors (Lipinski definition) is 4. The number of aromatic amines is 1. The molecule has 2 aromatic rings. The van der Waals surface area contributed by atoms with Gasteiger partial charge in [-0.05, 0) is 33.6 Å². The minimum absolute atomic E-state index is 0.0188. The molecule has 0 saturated carbocycles. The molecule has 0 unspecified atom stereocenters. The molecule has 90 valence electrons. The summed E-state index contributed by atoms with van der Waals surface area (Å²) in [5, 5.41) is 5.07. The van der Waals surface area contributed by atoms with Crippen molar-refractivity contribution in [2.45, 2.75) is 13.1 Å². The number of anilines is 1. The summed E-state index contributed by atoms with van der Waals surface area (Å²) >= 11 is 4.53. The second-order valence-electron chi connectivity index (χ2n) is 3.63. The first-order valence-electron chi connectivity index (χ1n) is 5.06. The van der Waals surface area contributed by atoms with Gasteiger partial charge in [0.1, 0.15) is 0 Å². The minimum atomic E-state index is -0.0188. The third kappa shape index (κ3) is 3.42. The second kappa shape index (κ2) is 5.48. The van der Waals surface area contributed by atoms with E-state index in [1.165, 1.54) is 11.3 Å². The molecule has 0 spiro atoms. The van der Waals surface area contributed by atoms with E-state index in [0.717, 1.165) is 28.0 Å². The lowest BCUT2D eigenvalue weighted by molar-refractivity contribution is 0.682. The van der Waals surface area contributed by atoms with Crippen LogP contribution in [-0.4, -0.2) is 4.98 Å². The van der Waals surface area contributed by atoms with E-state index in [9.17, 15) is 4.79 Å². The molecule has 17 heavy (non-hydrogen) atoms. The summed E-state index contributed by atoms with van der Waals surface area (Å²) in [6.45, 7) is 1.37. The Morgan fingerprint density at radius 3 is 2.88 bits per heavy atom. The van der Waals surface area contributed by atoms with Gasteiger partial charge in [0.25, 0.3) is 0 Å². The largest absolute Gasteiger partial charge is 0.398 e. The molecular weight excluding hydrogens is 302 g/mol. The van der Waals surface area contributed by atoms with Crippen molar-refractivity contribution in [2.75, 3.05) is 5.73 Å². The van der Waals surface area contributed by atoms with Crippen LogP contribution in [0.15, 0.2) is 32.8 Å². The number of thiazole rings is 1. The molecule has 0 fully saturated rings. The molecule has 0 aliphatic rings. The number of rotatable bonds is 4. The van der Waals surface area contributed by atoms with Crippen molar-refractivity contribution in [3.05, 3.63) is 49.0 Å². The zero-order chi connectivity index (χ0) is 12.3. The Morgan fingerprint density at radius 1 is 1.41 bits per heavy atom. The molecule has 0 saturated heterocycles. The van der Waals surface area contributed by atoms with Crippen LogP contribution in [0.4, 0.5) is 5.69 Å². The molecule has 4 nitrogen and oxygen atoms in total. The van der Waals surface area contributed by atoms with Gasteiger partial charge in [0, 0.05) is 34.3 Å². The minimum Gasteiger partial charge on any atom is -0.398 e. The summed E-state index contributed by atoms with van der Waals surface area (Å²) < 4.78 is 0.906. The molecule has 1 heterocycles. The SMILES string of the molecule is Nc1cc(CNCc2csc(=O)[nH]2)ccc1Br. The Hall–Kier alpha value is -1.11. The van der Waals surface area contributed by atoms with Crippen LogP contribution in [0.5, 0.6) is 0 Å². The molecule has 1 aromatic carbocycles. The van der Waals surface area contributed by atoms with Gasteiger partial charge in [0.2, 0.25) is 0 Å². The molecule has 0 atom stereocenters. The fraction of sp³-hybridized carbons (Fsp3) is 0.182. The van der Waals surface area contributed by atoms with Gasteiger partial charge >= 0.3 is 4.87 Å². The van der Waals surface area contributed by atoms with Gasteiger partial charge in [-0.15, -0.1) is 0 Å². The molecule has 0 radical (unpaired) electrons. The van der Waals surface area contributed by atoms with E-state index in [-0.39, 0.29) is 4.87 Å². The molecule has 4 N–H and O–H groups in total. The standard InChI is InChI=1S/C11H12BrN3OS/c12-9-2-1-7(3-10(9)13)4-14-5-8-6-17-11(16)15-8/h1-3,6,14H,4-5,13H2,(H,15,16). The van der Waals surface area contributed by atoms with Crippen LogP contribution in [0.3, 0.4) is 0 Å². The third-order valence-electron chi connectivity index (χ3n) is 2.28. The molecule has 0 amide bonds. The first-order chi connectivity index (χ1) is 8.15. The predicted octanol–water partition coefficient (Wildman–Crippen LogP) is 2.07. The second-order valence-corrected chi connectivity index (χ2v) is 5.33. The summed E-state index contributed by atoms with van der Waals surface area (Å²) in [6, 6.07) is 5.86. The van der Waals surface area contributed by atoms with E-state index in [1.54, 1.807) is 0 Å². The van der Waals surface area contributed by atoms with Crippen LogP contribution in [0.2, 0.25) is 0 Å². The number of hydrogen-bond donors (Lipinski definition) is 3. The lowest BCUT2D eigenvalue weighted by Gasteiger charge is -2.05. The summed E-state index contributed by atoms with van der Waals surface area (Å²) in [4.78, 5) is 13.7. The van der Waals surface area contributed by atoms with Crippen LogP contribution >= 0.6 is 27.3 Å². The highest BCUT2D eigenvalue weighted by Crippen LogP contribution is 2.20. The number of aromatic nitrogens is 1. The van der Waals surface area contributed by atoms with Gasteiger partial charge in [-0.2, -0.15) is 0 Å². The average Bonchev–Trinajstić information content (AvgIpc) is 2.70. The van der Waals surface area contributed by atoms with Crippen LogP contribution in [-0.2, 0) is 13.1 Å². The van der Waals surface area contributed by atoms with Crippen LogP contribution in [0, 0.1) is 0 Å². The Morgan fingerprint density at radius 2 is 2.24 bits per heavy atom. The smallest absolute Gasteiger partial charge is 0.304 e. The molecule has 0 aliphatic carbocycles. The first-order valence-corrected chi connectivity index (χ1v) is 6.74. The monoisotopic (exact) mass is 313 g/mol. The van der Waals surface area contributed by atoms with Crippen LogP contribution < -0.4 is 15.9 Å². The highest BCUT2D eigenvalue weighted by Gasteiger charge is 1.99. The van der Waals surface area contributed by atoms with E-state index < -0.39 is 0 Å². The molecular formula is C11H12BrN3OS. The maximum Gasteiger partial charge on any atom is 0.304 e.